The minimum atomic E-state index is 0.683. The van der Waals surface area contributed by atoms with E-state index in [9.17, 15) is 0 Å². The second-order valence-electron chi connectivity index (χ2n) is 1.97. The quantitative estimate of drug-likeness (QED) is 0.621. The molecule has 0 spiro atoms. The summed E-state index contributed by atoms with van der Waals surface area (Å²) in [6.45, 7) is 2.20. The molecule has 0 saturated carbocycles. The second kappa shape index (κ2) is 5.45. The van der Waals surface area contributed by atoms with Crippen LogP contribution in [0.25, 0.3) is 0 Å². The van der Waals surface area contributed by atoms with E-state index in [1.165, 1.54) is 12.2 Å². The molecule has 0 aromatic carbocycles. The zero-order valence-electron chi connectivity index (χ0n) is 5.90. The van der Waals surface area contributed by atoms with Crippen LogP contribution in [0.15, 0.2) is 0 Å². The molecule has 0 rings (SSSR count). The van der Waals surface area contributed by atoms with Gasteiger partial charge in [0, 0.05) is 6.04 Å². The number of hydrogen-bond donors (Lipinski definition) is 1. The highest BCUT2D eigenvalue weighted by Crippen LogP contribution is 1.98. The summed E-state index contributed by atoms with van der Waals surface area (Å²) < 4.78 is 0. The maximum Gasteiger partial charge on any atom is 0.00435 e. The van der Waals surface area contributed by atoms with E-state index in [-0.39, 0.29) is 0 Å². The molecule has 0 bridgehead atoms. The fourth-order valence-corrected chi connectivity index (χ4v) is 1.03. The van der Waals surface area contributed by atoms with Crippen LogP contribution >= 0.6 is 11.8 Å². The molecule has 0 aromatic rings. The van der Waals surface area contributed by atoms with Crippen molar-refractivity contribution in [3.8, 4) is 0 Å². The Labute approximate surface area is 56.2 Å². The van der Waals surface area contributed by atoms with Crippen molar-refractivity contribution in [2.75, 3.05) is 19.1 Å². The monoisotopic (exact) mass is 133 g/mol. The number of thioether (sulfide) groups is 1. The van der Waals surface area contributed by atoms with Crippen molar-refractivity contribution in [3.63, 3.8) is 0 Å². The van der Waals surface area contributed by atoms with Gasteiger partial charge in [-0.2, -0.15) is 11.8 Å². The molecule has 0 aliphatic heterocycles. The zero-order valence-corrected chi connectivity index (χ0v) is 6.72. The lowest BCUT2D eigenvalue weighted by Gasteiger charge is -2.06. The largest absolute Gasteiger partial charge is 0.317 e. The molecule has 1 N–H and O–H groups in total. The van der Waals surface area contributed by atoms with Crippen LogP contribution in [0.5, 0.6) is 0 Å². The van der Waals surface area contributed by atoms with Gasteiger partial charge in [-0.1, -0.05) is 0 Å². The Morgan fingerprint density at radius 2 is 2.25 bits per heavy atom. The Kier molecular flexibility index (Phi) is 5.66. The van der Waals surface area contributed by atoms with Crippen molar-refractivity contribution in [1.29, 1.82) is 0 Å². The Hall–Kier alpha value is 0.310. The first kappa shape index (κ1) is 8.31. The summed E-state index contributed by atoms with van der Waals surface area (Å²) in [4.78, 5) is 0. The van der Waals surface area contributed by atoms with E-state index in [2.05, 4.69) is 18.5 Å². The Morgan fingerprint density at radius 3 is 2.62 bits per heavy atom. The molecule has 50 valence electrons. The van der Waals surface area contributed by atoms with E-state index >= 15 is 0 Å². The van der Waals surface area contributed by atoms with E-state index in [1.807, 2.05) is 18.8 Å². The van der Waals surface area contributed by atoms with Gasteiger partial charge in [-0.3, -0.25) is 0 Å². The van der Waals surface area contributed by atoms with Crippen molar-refractivity contribution in [2.24, 2.45) is 0 Å². The number of hydrogen-bond acceptors (Lipinski definition) is 2. The molecule has 0 saturated heterocycles. The average molecular weight is 133 g/mol. The summed E-state index contributed by atoms with van der Waals surface area (Å²) in [5.41, 5.74) is 0. The summed E-state index contributed by atoms with van der Waals surface area (Å²) in [6, 6.07) is 0.683. The van der Waals surface area contributed by atoms with E-state index in [1.54, 1.807) is 0 Å². The van der Waals surface area contributed by atoms with Gasteiger partial charge in [0.1, 0.15) is 0 Å². The molecule has 0 heterocycles. The summed E-state index contributed by atoms with van der Waals surface area (Å²) in [6.07, 6.45) is 3.42. The van der Waals surface area contributed by atoms with Crippen LogP contribution in [0.3, 0.4) is 0 Å². The summed E-state index contributed by atoms with van der Waals surface area (Å²) in [5.74, 6) is 1.27. The van der Waals surface area contributed by atoms with Crippen LogP contribution in [-0.4, -0.2) is 25.1 Å². The number of nitrogens with one attached hydrogen (secondary N) is 1. The molecule has 0 radical (unpaired) electrons. The third-order valence-corrected chi connectivity index (χ3v) is 1.89. The lowest BCUT2D eigenvalue weighted by atomic mass is 10.3. The third kappa shape index (κ3) is 4.47. The predicted molar refractivity (Wildman–Crippen MR) is 41.5 cm³/mol. The van der Waals surface area contributed by atoms with Crippen LogP contribution in [0, 0.1) is 0 Å². The lowest BCUT2D eigenvalue weighted by molar-refractivity contribution is 0.598. The van der Waals surface area contributed by atoms with Crippen LogP contribution in [0.4, 0.5) is 0 Å². The molecule has 2 heteroatoms. The van der Waals surface area contributed by atoms with E-state index in [0.717, 1.165) is 0 Å². The first-order valence-electron chi connectivity index (χ1n) is 2.97. The zero-order chi connectivity index (χ0) is 6.41. The minimum absolute atomic E-state index is 0.683. The van der Waals surface area contributed by atoms with Crippen molar-refractivity contribution in [1.82, 2.24) is 5.32 Å². The molecule has 0 unspecified atom stereocenters. The maximum atomic E-state index is 3.19. The van der Waals surface area contributed by atoms with E-state index in [0.29, 0.717) is 6.04 Å². The fourth-order valence-electron chi connectivity index (χ4n) is 0.439. The maximum absolute atomic E-state index is 3.19. The van der Waals surface area contributed by atoms with E-state index < -0.39 is 0 Å². The topological polar surface area (TPSA) is 12.0 Å². The molecule has 1 nitrogen and oxygen atoms in total. The van der Waals surface area contributed by atoms with Crippen LogP contribution in [-0.2, 0) is 0 Å². The average Bonchev–Trinajstić information content (AvgIpc) is 1.83. The van der Waals surface area contributed by atoms with Crippen LogP contribution in [0.1, 0.15) is 13.3 Å². The van der Waals surface area contributed by atoms with Gasteiger partial charge in [-0.25, -0.2) is 0 Å². The normalized spacial score (nSPS) is 13.9. The van der Waals surface area contributed by atoms with Gasteiger partial charge in [0.05, 0.1) is 0 Å². The molecular formula is C6H15NS. The highest BCUT2D eigenvalue weighted by atomic mass is 32.2. The summed E-state index contributed by atoms with van der Waals surface area (Å²) in [7, 11) is 2.00. The second-order valence-corrected chi connectivity index (χ2v) is 2.96. The Bertz CT molecular complexity index is 47.8. The van der Waals surface area contributed by atoms with Crippen molar-refractivity contribution in [2.45, 2.75) is 19.4 Å². The van der Waals surface area contributed by atoms with Gasteiger partial charge in [0.25, 0.3) is 0 Å². The lowest BCUT2D eigenvalue weighted by Crippen LogP contribution is -2.21. The van der Waals surface area contributed by atoms with Crippen molar-refractivity contribution >= 4 is 11.8 Å². The summed E-state index contributed by atoms with van der Waals surface area (Å²) >= 11 is 1.91. The Morgan fingerprint density at radius 1 is 1.62 bits per heavy atom. The highest BCUT2D eigenvalue weighted by Gasteiger charge is 1.93. The molecule has 0 amide bonds. The SMILES string of the molecule is CN[C@@H](C)CCSC. The molecule has 0 fully saturated rings. The molecule has 0 aliphatic carbocycles. The third-order valence-electron chi connectivity index (χ3n) is 1.25. The predicted octanol–water partition coefficient (Wildman–Crippen LogP) is 1.35. The molecule has 8 heavy (non-hydrogen) atoms. The Balaban J connectivity index is 2.86. The highest BCUT2D eigenvalue weighted by molar-refractivity contribution is 7.98. The first-order valence-corrected chi connectivity index (χ1v) is 4.37. The van der Waals surface area contributed by atoms with Gasteiger partial charge >= 0.3 is 0 Å². The van der Waals surface area contributed by atoms with Gasteiger partial charge in [0.2, 0.25) is 0 Å². The van der Waals surface area contributed by atoms with Gasteiger partial charge in [0.15, 0.2) is 0 Å². The van der Waals surface area contributed by atoms with Crippen LogP contribution in [0.2, 0.25) is 0 Å². The molecule has 0 aliphatic rings. The summed E-state index contributed by atoms with van der Waals surface area (Å²) in [5, 5.41) is 3.19. The van der Waals surface area contributed by atoms with Gasteiger partial charge in [-0.05, 0) is 32.4 Å². The van der Waals surface area contributed by atoms with Crippen molar-refractivity contribution in [3.05, 3.63) is 0 Å². The van der Waals surface area contributed by atoms with Crippen LogP contribution < -0.4 is 5.32 Å². The van der Waals surface area contributed by atoms with Crippen molar-refractivity contribution < 1.29 is 0 Å². The smallest absolute Gasteiger partial charge is 0.00435 e. The number of rotatable bonds is 4. The molecular weight excluding hydrogens is 118 g/mol. The standard InChI is InChI=1S/C6H15NS/c1-6(7-2)4-5-8-3/h6-7H,4-5H2,1-3H3/t6-/m0/s1. The van der Waals surface area contributed by atoms with Gasteiger partial charge in [-0.15, -0.1) is 0 Å². The molecule has 0 aromatic heterocycles. The fraction of sp³-hybridized carbons (Fsp3) is 1.00. The minimum Gasteiger partial charge on any atom is -0.317 e. The molecule has 1 atom stereocenters. The van der Waals surface area contributed by atoms with Gasteiger partial charge < -0.3 is 5.32 Å². The van der Waals surface area contributed by atoms with E-state index in [4.69, 9.17) is 0 Å². The first-order chi connectivity index (χ1) is 3.81.